The zero-order valence-corrected chi connectivity index (χ0v) is 16.5. The van der Waals surface area contributed by atoms with Crippen molar-refractivity contribution in [2.45, 2.75) is 38.9 Å². The van der Waals surface area contributed by atoms with Gasteiger partial charge in [-0.3, -0.25) is 4.98 Å². The van der Waals surface area contributed by atoms with E-state index in [2.05, 4.69) is 50.9 Å². The summed E-state index contributed by atoms with van der Waals surface area (Å²) in [5, 5.41) is 2.25. The van der Waals surface area contributed by atoms with Crippen molar-refractivity contribution < 1.29 is 13.7 Å². The van der Waals surface area contributed by atoms with E-state index in [9.17, 15) is 0 Å². The molecular formula is C23H22BNO3. The van der Waals surface area contributed by atoms with Gasteiger partial charge in [0.15, 0.2) is 0 Å². The van der Waals surface area contributed by atoms with Crippen molar-refractivity contribution in [3.8, 4) is 11.3 Å². The molecule has 0 unspecified atom stereocenters. The summed E-state index contributed by atoms with van der Waals surface area (Å²) < 4.78 is 18.2. The Bertz CT molecular complexity index is 1160. The van der Waals surface area contributed by atoms with E-state index in [1.54, 1.807) is 0 Å². The van der Waals surface area contributed by atoms with E-state index in [0.29, 0.717) is 0 Å². The molecule has 0 saturated carbocycles. The van der Waals surface area contributed by atoms with Crippen LogP contribution in [0.2, 0.25) is 0 Å². The van der Waals surface area contributed by atoms with Gasteiger partial charge in [-0.2, -0.15) is 0 Å². The lowest BCUT2D eigenvalue weighted by molar-refractivity contribution is 0.00578. The third kappa shape index (κ3) is 2.66. The Morgan fingerprint density at radius 1 is 0.786 bits per heavy atom. The van der Waals surface area contributed by atoms with Crippen LogP contribution in [0.15, 0.2) is 65.2 Å². The highest BCUT2D eigenvalue weighted by Crippen LogP contribution is 2.36. The molecule has 0 bridgehead atoms. The Balaban J connectivity index is 1.47. The molecule has 140 valence electrons. The summed E-state index contributed by atoms with van der Waals surface area (Å²) in [4.78, 5) is 4.65. The topological polar surface area (TPSA) is 44.5 Å². The number of fused-ring (bicyclic) bond motifs is 3. The number of pyridine rings is 1. The first kappa shape index (κ1) is 17.5. The van der Waals surface area contributed by atoms with E-state index in [4.69, 9.17) is 13.7 Å². The second kappa shape index (κ2) is 5.93. The molecule has 0 atom stereocenters. The smallest absolute Gasteiger partial charge is 0.456 e. The first-order valence-electron chi connectivity index (χ1n) is 9.57. The number of benzene rings is 2. The Labute approximate surface area is 164 Å². The van der Waals surface area contributed by atoms with Gasteiger partial charge in [0.05, 0.1) is 16.9 Å². The van der Waals surface area contributed by atoms with E-state index in [1.165, 1.54) is 0 Å². The molecule has 0 amide bonds. The summed E-state index contributed by atoms with van der Waals surface area (Å²) in [5.41, 5.74) is 3.89. The summed E-state index contributed by atoms with van der Waals surface area (Å²) in [6.45, 7) is 8.21. The Morgan fingerprint density at radius 2 is 1.50 bits per heavy atom. The van der Waals surface area contributed by atoms with Gasteiger partial charge in [-0.1, -0.05) is 30.3 Å². The summed E-state index contributed by atoms with van der Waals surface area (Å²) in [6.07, 6.45) is 1.83. The monoisotopic (exact) mass is 371 g/mol. The number of aromatic nitrogens is 1. The molecule has 0 radical (unpaired) electrons. The number of rotatable bonds is 2. The molecule has 1 aliphatic rings. The first-order valence-corrected chi connectivity index (χ1v) is 9.57. The number of furan rings is 1. The summed E-state index contributed by atoms with van der Waals surface area (Å²) in [6, 6.07) is 18.3. The number of nitrogens with zero attached hydrogens (tertiary/aromatic N) is 1. The minimum absolute atomic E-state index is 0.358. The lowest BCUT2D eigenvalue weighted by Gasteiger charge is -2.32. The third-order valence-electron chi connectivity index (χ3n) is 5.99. The van der Waals surface area contributed by atoms with Crippen molar-refractivity contribution in [2.75, 3.05) is 0 Å². The predicted molar refractivity (Wildman–Crippen MR) is 113 cm³/mol. The summed E-state index contributed by atoms with van der Waals surface area (Å²) in [5.74, 6) is 0. The predicted octanol–water partition coefficient (Wildman–Crippen LogP) is 4.95. The van der Waals surface area contributed by atoms with E-state index in [-0.39, 0.29) is 11.2 Å². The molecule has 5 rings (SSSR count). The number of hydrogen-bond donors (Lipinski definition) is 0. The lowest BCUT2D eigenvalue weighted by atomic mass is 9.80. The van der Waals surface area contributed by atoms with E-state index in [1.807, 2.05) is 42.6 Å². The molecule has 0 aliphatic carbocycles. The van der Waals surface area contributed by atoms with Crippen LogP contribution in [0.3, 0.4) is 0 Å². The number of hydrogen-bond acceptors (Lipinski definition) is 4. The fourth-order valence-corrected chi connectivity index (χ4v) is 3.58. The van der Waals surface area contributed by atoms with Gasteiger partial charge in [0.2, 0.25) is 0 Å². The maximum atomic E-state index is 6.11. The highest BCUT2D eigenvalue weighted by molar-refractivity contribution is 6.62. The average molecular weight is 371 g/mol. The molecule has 2 aromatic heterocycles. The molecule has 3 heterocycles. The van der Waals surface area contributed by atoms with Gasteiger partial charge in [-0.15, -0.1) is 0 Å². The van der Waals surface area contributed by atoms with Gasteiger partial charge < -0.3 is 13.7 Å². The SMILES string of the molecule is CC1(C)OB(c2ccc(-c3ccc4c(c3)oc3ccccc34)nc2)OC1(C)C. The molecule has 4 nitrogen and oxygen atoms in total. The average Bonchev–Trinajstić information content (AvgIpc) is 3.15. The fourth-order valence-electron chi connectivity index (χ4n) is 3.58. The van der Waals surface area contributed by atoms with Crippen molar-refractivity contribution >= 4 is 34.5 Å². The van der Waals surface area contributed by atoms with Crippen LogP contribution in [0.1, 0.15) is 27.7 Å². The Morgan fingerprint density at radius 3 is 2.21 bits per heavy atom. The standard InChI is InChI=1S/C23H22BNO3/c1-22(2)23(3,4)28-24(27-22)16-10-12-19(25-14-16)15-9-11-18-17-7-5-6-8-20(17)26-21(18)13-15/h5-14H,1-4H3. The van der Waals surface area contributed by atoms with E-state index >= 15 is 0 Å². The molecule has 1 fully saturated rings. The van der Waals surface area contributed by atoms with Crippen LogP contribution in [-0.2, 0) is 9.31 Å². The molecular weight excluding hydrogens is 349 g/mol. The molecule has 1 saturated heterocycles. The second-order valence-corrected chi connectivity index (χ2v) is 8.37. The van der Waals surface area contributed by atoms with Crippen LogP contribution in [0.4, 0.5) is 0 Å². The molecule has 1 aliphatic heterocycles. The van der Waals surface area contributed by atoms with Crippen molar-refractivity contribution in [1.29, 1.82) is 0 Å². The summed E-state index contributed by atoms with van der Waals surface area (Å²) in [7, 11) is -0.399. The lowest BCUT2D eigenvalue weighted by Crippen LogP contribution is -2.41. The van der Waals surface area contributed by atoms with Crippen molar-refractivity contribution in [3.05, 3.63) is 60.8 Å². The van der Waals surface area contributed by atoms with Crippen LogP contribution < -0.4 is 5.46 Å². The van der Waals surface area contributed by atoms with E-state index < -0.39 is 7.12 Å². The normalized spacial score (nSPS) is 18.2. The molecule has 2 aromatic carbocycles. The molecule has 4 aromatic rings. The first-order chi connectivity index (χ1) is 13.3. The van der Waals surface area contributed by atoms with Crippen LogP contribution in [0, 0.1) is 0 Å². The molecule has 28 heavy (non-hydrogen) atoms. The van der Waals surface area contributed by atoms with Gasteiger partial charge in [0.1, 0.15) is 11.2 Å². The Kier molecular flexibility index (Phi) is 3.70. The highest BCUT2D eigenvalue weighted by atomic mass is 16.7. The molecule has 0 N–H and O–H groups in total. The van der Waals surface area contributed by atoms with E-state index in [0.717, 1.165) is 38.7 Å². The fraction of sp³-hybridized carbons (Fsp3) is 0.261. The van der Waals surface area contributed by atoms with Gasteiger partial charge >= 0.3 is 7.12 Å². The van der Waals surface area contributed by atoms with Crippen molar-refractivity contribution in [2.24, 2.45) is 0 Å². The van der Waals surface area contributed by atoms with Crippen molar-refractivity contribution in [1.82, 2.24) is 4.98 Å². The van der Waals surface area contributed by atoms with Crippen LogP contribution in [0.5, 0.6) is 0 Å². The number of para-hydroxylation sites is 1. The van der Waals surface area contributed by atoms with Gasteiger partial charge in [0.25, 0.3) is 0 Å². The van der Waals surface area contributed by atoms with Crippen LogP contribution in [0.25, 0.3) is 33.2 Å². The third-order valence-corrected chi connectivity index (χ3v) is 5.99. The van der Waals surface area contributed by atoms with Gasteiger partial charge in [-0.05, 0) is 52.0 Å². The Hall–Kier alpha value is -2.63. The summed E-state index contributed by atoms with van der Waals surface area (Å²) >= 11 is 0. The van der Waals surface area contributed by atoms with Crippen LogP contribution >= 0.6 is 0 Å². The van der Waals surface area contributed by atoms with Crippen molar-refractivity contribution in [3.63, 3.8) is 0 Å². The van der Waals surface area contributed by atoms with Gasteiger partial charge in [0, 0.05) is 28.0 Å². The van der Waals surface area contributed by atoms with Gasteiger partial charge in [-0.25, -0.2) is 0 Å². The minimum Gasteiger partial charge on any atom is -0.456 e. The largest absolute Gasteiger partial charge is 0.496 e. The zero-order valence-electron chi connectivity index (χ0n) is 16.5. The molecule has 0 spiro atoms. The highest BCUT2D eigenvalue weighted by Gasteiger charge is 2.51. The maximum absolute atomic E-state index is 6.11. The minimum atomic E-state index is -0.399. The maximum Gasteiger partial charge on any atom is 0.496 e. The second-order valence-electron chi connectivity index (χ2n) is 8.37. The van der Waals surface area contributed by atoms with Crippen LogP contribution in [-0.4, -0.2) is 23.3 Å². The molecule has 5 heteroatoms. The zero-order chi connectivity index (χ0) is 19.5. The quantitative estimate of drug-likeness (QED) is 0.468.